The second kappa shape index (κ2) is 12.1. The van der Waals surface area contributed by atoms with E-state index in [4.69, 9.17) is 4.98 Å². The fraction of sp³-hybridized carbons (Fsp3) is 0.0789. The van der Waals surface area contributed by atoms with Crippen LogP contribution >= 0.6 is 0 Å². The summed E-state index contributed by atoms with van der Waals surface area (Å²) >= 11 is 0. The third-order valence-electron chi connectivity index (χ3n) is 8.20. The van der Waals surface area contributed by atoms with Gasteiger partial charge in [-0.3, -0.25) is 9.78 Å². The molecule has 7 nitrogen and oxygen atoms in total. The molecule has 0 aliphatic heterocycles. The Kier molecular flexibility index (Phi) is 7.64. The van der Waals surface area contributed by atoms with Gasteiger partial charge in [-0.1, -0.05) is 72.8 Å². The lowest BCUT2D eigenvalue weighted by molar-refractivity contribution is -0.117. The van der Waals surface area contributed by atoms with E-state index < -0.39 is 9.84 Å². The maximum absolute atomic E-state index is 13.2. The quantitative estimate of drug-likeness (QED) is 0.188. The first kappa shape index (κ1) is 29.1. The summed E-state index contributed by atoms with van der Waals surface area (Å²) in [5.74, 6) is -0.162. The molecule has 3 heterocycles. The van der Waals surface area contributed by atoms with Crippen LogP contribution in [0, 0.1) is 0 Å². The van der Waals surface area contributed by atoms with Crippen LogP contribution in [0.4, 0.5) is 5.69 Å². The first-order chi connectivity index (χ1) is 22.4. The summed E-state index contributed by atoms with van der Waals surface area (Å²) in [6.45, 7) is 0. The standard InChI is InChI=1S/C38H30N4O3S/c1-42(35(43)23-29-12-8-9-21-39-29)30-18-16-27(17-19-30)33-24-40-38-37(36(33)28-10-4-2-5-11-28)32-22-26(15-20-34(32)41-38)25-46(44,45)31-13-6-3-7-14-31/h2-22,24H,23,25H2,1H3,(H,40,41). The summed E-state index contributed by atoms with van der Waals surface area (Å²) in [6, 6.07) is 37.8. The van der Waals surface area contributed by atoms with Crippen molar-refractivity contribution in [1.82, 2.24) is 15.0 Å². The molecule has 0 aliphatic carbocycles. The first-order valence-electron chi connectivity index (χ1n) is 14.9. The third-order valence-corrected chi connectivity index (χ3v) is 9.91. The SMILES string of the molecule is CN(C(=O)Cc1ccccn1)c1ccc(-c2cnc3[nH]c4ccc(CS(=O)(=O)c5ccccc5)cc4c3c2-c2ccccc2)cc1. The number of nitrogens with one attached hydrogen (secondary N) is 1. The number of amides is 1. The second-order valence-corrected chi connectivity index (χ2v) is 13.2. The van der Waals surface area contributed by atoms with Crippen molar-refractivity contribution in [2.24, 2.45) is 0 Å². The largest absolute Gasteiger partial charge is 0.339 e. The van der Waals surface area contributed by atoms with Crippen LogP contribution in [0.5, 0.6) is 0 Å². The molecule has 226 valence electrons. The predicted octanol–water partition coefficient (Wildman–Crippen LogP) is 7.62. The highest BCUT2D eigenvalue weighted by atomic mass is 32.2. The monoisotopic (exact) mass is 622 g/mol. The number of likely N-dealkylation sites (N-methyl/N-ethyl adjacent to an activating group) is 1. The molecule has 0 bridgehead atoms. The van der Waals surface area contributed by atoms with Crippen molar-refractivity contribution in [1.29, 1.82) is 0 Å². The molecule has 1 N–H and O–H groups in total. The minimum absolute atomic E-state index is 0.0524. The number of anilines is 1. The van der Waals surface area contributed by atoms with Crippen molar-refractivity contribution in [3.05, 3.63) is 145 Å². The zero-order chi connectivity index (χ0) is 31.7. The fourth-order valence-electron chi connectivity index (χ4n) is 5.83. The molecule has 0 aliphatic rings. The van der Waals surface area contributed by atoms with Gasteiger partial charge >= 0.3 is 0 Å². The maximum atomic E-state index is 13.2. The molecule has 46 heavy (non-hydrogen) atoms. The van der Waals surface area contributed by atoms with Crippen LogP contribution in [0.2, 0.25) is 0 Å². The van der Waals surface area contributed by atoms with Gasteiger partial charge < -0.3 is 9.88 Å². The van der Waals surface area contributed by atoms with Crippen LogP contribution in [0.15, 0.2) is 139 Å². The van der Waals surface area contributed by atoms with Crippen LogP contribution in [0.1, 0.15) is 11.3 Å². The summed E-state index contributed by atoms with van der Waals surface area (Å²) in [7, 11) is -1.76. The van der Waals surface area contributed by atoms with Crippen LogP contribution in [0.3, 0.4) is 0 Å². The molecular formula is C38H30N4O3S. The Morgan fingerprint density at radius 3 is 2.22 bits per heavy atom. The number of carbonyl (C=O) groups is 1. The highest BCUT2D eigenvalue weighted by Gasteiger charge is 2.20. The lowest BCUT2D eigenvalue weighted by atomic mass is 9.92. The second-order valence-electron chi connectivity index (χ2n) is 11.2. The van der Waals surface area contributed by atoms with Gasteiger partial charge in [0.05, 0.1) is 17.1 Å². The lowest BCUT2D eigenvalue weighted by Crippen LogP contribution is -2.28. The van der Waals surface area contributed by atoms with E-state index in [1.807, 2.05) is 91.1 Å². The predicted molar refractivity (Wildman–Crippen MR) is 183 cm³/mol. The molecular weight excluding hydrogens is 593 g/mol. The number of hydrogen-bond donors (Lipinski definition) is 1. The number of nitrogens with zero attached hydrogens (tertiary/aromatic N) is 3. The van der Waals surface area contributed by atoms with Crippen molar-refractivity contribution < 1.29 is 13.2 Å². The normalized spacial score (nSPS) is 11.6. The number of benzene rings is 4. The smallest absolute Gasteiger partial charge is 0.232 e. The number of hydrogen-bond acceptors (Lipinski definition) is 5. The van der Waals surface area contributed by atoms with E-state index in [1.54, 1.807) is 42.4 Å². The van der Waals surface area contributed by atoms with E-state index in [1.165, 1.54) is 0 Å². The van der Waals surface area contributed by atoms with Crippen molar-refractivity contribution in [3.8, 4) is 22.3 Å². The number of sulfone groups is 1. The van der Waals surface area contributed by atoms with E-state index in [0.29, 0.717) is 10.5 Å². The van der Waals surface area contributed by atoms with Gasteiger partial charge in [-0.25, -0.2) is 13.4 Å². The zero-order valence-corrected chi connectivity index (χ0v) is 25.9. The van der Waals surface area contributed by atoms with Gasteiger partial charge in [0.1, 0.15) is 5.65 Å². The molecule has 0 spiro atoms. The molecule has 0 fully saturated rings. The fourth-order valence-corrected chi connectivity index (χ4v) is 7.19. The van der Waals surface area contributed by atoms with Gasteiger partial charge in [0, 0.05) is 58.2 Å². The first-order valence-corrected chi connectivity index (χ1v) is 16.6. The van der Waals surface area contributed by atoms with Crippen molar-refractivity contribution in [2.75, 3.05) is 11.9 Å². The van der Waals surface area contributed by atoms with Gasteiger partial charge in [0.15, 0.2) is 9.84 Å². The Morgan fingerprint density at radius 1 is 0.783 bits per heavy atom. The van der Waals surface area contributed by atoms with Gasteiger partial charge in [0.25, 0.3) is 0 Å². The van der Waals surface area contributed by atoms with Crippen molar-refractivity contribution in [3.63, 3.8) is 0 Å². The molecule has 7 aromatic rings. The van der Waals surface area contributed by atoms with E-state index in [0.717, 1.165) is 55.6 Å². The summed E-state index contributed by atoms with van der Waals surface area (Å²) in [6.07, 6.45) is 3.77. The summed E-state index contributed by atoms with van der Waals surface area (Å²) in [5.41, 5.74) is 7.67. The summed E-state index contributed by atoms with van der Waals surface area (Å²) < 4.78 is 26.5. The Balaban J connectivity index is 1.30. The minimum atomic E-state index is -3.52. The minimum Gasteiger partial charge on any atom is -0.339 e. The van der Waals surface area contributed by atoms with Crippen LogP contribution in [0.25, 0.3) is 44.2 Å². The molecule has 1 amide bonds. The summed E-state index contributed by atoms with van der Waals surface area (Å²) in [4.78, 5) is 27.5. The molecule has 0 unspecified atom stereocenters. The highest BCUT2D eigenvalue weighted by molar-refractivity contribution is 7.90. The van der Waals surface area contributed by atoms with Gasteiger partial charge in [-0.15, -0.1) is 0 Å². The van der Waals surface area contributed by atoms with E-state index in [9.17, 15) is 13.2 Å². The molecule has 7 rings (SSSR count). The Bertz CT molecular complexity index is 2290. The molecule has 3 aromatic heterocycles. The van der Waals surface area contributed by atoms with Gasteiger partial charge in [-0.05, 0) is 65.2 Å². The molecule has 8 heteroatoms. The number of carbonyl (C=O) groups excluding carboxylic acids is 1. The highest BCUT2D eigenvalue weighted by Crippen LogP contribution is 2.41. The Morgan fingerprint density at radius 2 is 1.50 bits per heavy atom. The molecule has 0 saturated heterocycles. The van der Waals surface area contributed by atoms with Crippen LogP contribution in [-0.2, 0) is 26.8 Å². The molecule has 0 atom stereocenters. The Hall–Kier alpha value is -5.60. The number of aromatic amines is 1. The van der Waals surface area contributed by atoms with Crippen molar-refractivity contribution in [2.45, 2.75) is 17.1 Å². The van der Waals surface area contributed by atoms with Crippen LogP contribution in [-0.4, -0.2) is 36.3 Å². The number of rotatable bonds is 8. The number of fused-ring (bicyclic) bond motifs is 3. The van der Waals surface area contributed by atoms with E-state index in [2.05, 4.69) is 22.1 Å². The third kappa shape index (κ3) is 5.66. The number of aromatic nitrogens is 3. The zero-order valence-electron chi connectivity index (χ0n) is 25.1. The molecule has 0 radical (unpaired) electrons. The van der Waals surface area contributed by atoms with Gasteiger partial charge in [-0.2, -0.15) is 0 Å². The maximum Gasteiger partial charge on any atom is 0.232 e. The van der Waals surface area contributed by atoms with Crippen molar-refractivity contribution >= 4 is 43.4 Å². The Labute approximate surface area is 267 Å². The number of H-pyrrole nitrogens is 1. The summed E-state index contributed by atoms with van der Waals surface area (Å²) in [5, 5.41) is 1.82. The number of pyridine rings is 2. The van der Waals surface area contributed by atoms with Crippen LogP contribution < -0.4 is 4.90 Å². The van der Waals surface area contributed by atoms with E-state index in [-0.39, 0.29) is 18.1 Å². The topological polar surface area (TPSA) is 96.0 Å². The van der Waals surface area contributed by atoms with E-state index >= 15 is 0 Å². The average molecular weight is 623 g/mol. The lowest BCUT2D eigenvalue weighted by Gasteiger charge is -2.18. The molecule has 4 aromatic carbocycles. The average Bonchev–Trinajstić information content (AvgIpc) is 3.46. The molecule has 0 saturated carbocycles. The van der Waals surface area contributed by atoms with Gasteiger partial charge in [0.2, 0.25) is 5.91 Å².